The molecule has 0 amide bonds. The van der Waals surface area contributed by atoms with Gasteiger partial charge in [-0.15, -0.1) is 0 Å². The zero-order valence-corrected chi connectivity index (χ0v) is 11.8. The summed E-state index contributed by atoms with van der Waals surface area (Å²) in [5.41, 5.74) is 3.67. The molecule has 0 radical (unpaired) electrons. The number of halogens is 2. The van der Waals surface area contributed by atoms with E-state index in [4.69, 9.17) is 10.5 Å². The second-order valence-electron chi connectivity index (χ2n) is 5.05. The quantitative estimate of drug-likeness (QED) is 0.827. The Bertz CT molecular complexity index is 613. The number of hydrogen-bond donors (Lipinski definition) is 2. The molecular formula is C12H16F2N2O3S. The first-order valence-electron chi connectivity index (χ1n) is 6.10. The van der Waals surface area contributed by atoms with Crippen LogP contribution in [0.15, 0.2) is 17.0 Å². The highest BCUT2D eigenvalue weighted by atomic mass is 32.2. The third-order valence-corrected chi connectivity index (χ3v) is 5.01. The Labute approximate surface area is 116 Å². The standard InChI is InChI=1S/C12H16F2N2O3S/c1-12(4-6-19-7-5-12)16-20(17,18)9-3-2-8(13)11(15)10(9)14/h2-3,16H,4-7,15H2,1H3. The van der Waals surface area contributed by atoms with Gasteiger partial charge in [-0.25, -0.2) is 21.9 Å². The summed E-state index contributed by atoms with van der Waals surface area (Å²) in [6, 6.07) is 1.70. The summed E-state index contributed by atoms with van der Waals surface area (Å²) < 4.78 is 59.0. The van der Waals surface area contributed by atoms with Crippen molar-refractivity contribution in [1.29, 1.82) is 0 Å². The van der Waals surface area contributed by atoms with E-state index in [0.717, 1.165) is 12.1 Å². The van der Waals surface area contributed by atoms with Crippen LogP contribution >= 0.6 is 0 Å². The number of nitrogens with one attached hydrogen (secondary N) is 1. The molecule has 0 saturated carbocycles. The minimum absolute atomic E-state index is 0.424. The summed E-state index contributed by atoms with van der Waals surface area (Å²) in [5, 5.41) is 0. The number of benzene rings is 1. The molecule has 0 bridgehead atoms. The first-order valence-corrected chi connectivity index (χ1v) is 7.59. The van der Waals surface area contributed by atoms with Gasteiger partial charge in [0, 0.05) is 18.8 Å². The molecular weight excluding hydrogens is 290 g/mol. The molecule has 1 aromatic rings. The van der Waals surface area contributed by atoms with Crippen molar-refractivity contribution in [2.45, 2.75) is 30.2 Å². The van der Waals surface area contributed by atoms with Crippen molar-refractivity contribution in [3.05, 3.63) is 23.8 Å². The molecule has 112 valence electrons. The molecule has 1 fully saturated rings. The van der Waals surface area contributed by atoms with Crippen LogP contribution in [-0.2, 0) is 14.8 Å². The summed E-state index contributed by atoms with van der Waals surface area (Å²) in [4.78, 5) is -0.649. The number of rotatable bonds is 3. The van der Waals surface area contributed by atoms with Gasteiger partial charge in [0.2, 0.25) is 10.0 Å². The van der Waals surface area contributed by atoms with Crippen molar-refractivity contribution in [1.82, 2.24) is 4.72 Å². The number of nitrogens with two attached hydrogens (primary N) is 1. The summed E-state index contributed by atoms with van der Waals surface area (Å²) >= 11 is 0. The molecule has 0 aromatic heterocycles. The van der Waals surface area contributed by atoms with Gasteiger partial charge in [-0.1, -0.05) is 0 Å². The zero-order chi connectivity index (χ0) is 15.0. The molecule has 5 nitrogen and oxygen atoms in total. The van der Waals surface area contributed by atoms with Gasteiger partial charge in [0.25, 0.3) is 0 Å². The maximum Gasteiger partial charge on any atom is 0.244 e. The van der Waals surface area contributed by atoms with E-state index in [1.807, 2.05) is 0 Å². The Morgan fingerprint density at radius 1 is 1.30 bits per heavy atom. The Morgan fingerprint density at radius 2 is 1.90 bits per heavy atom. The monoisotopic (exact) mass is 306 g/mol. The highest BCUT2D eigenvalue weighted by Gasteiger charge is 2.34. The summed E-state index contributed by atoms with van der Waals surface area (Å²) in [7, 11) is -4.12. The molecule has 1 heterocycles. The van der Waals surface area contributed by atoms with Crippen molar-refractivity contribution >= 4 is 15.7 Å². The fourth-order valence-corrected chi connectivity index (χ4v) is 3.62. The van der Waals surface area contributed by atoms with Gasteiger partial charge >= 0.3 is 0 Å². The fraction of sp³-hybridized carbons (Fsp3) is 0.500. The van der Waals surface area contributed by atoms with E-state index in [1.54, 1.807) is 6.92 Å². The second kappa shape index (κ2) is 5.27. The third-order valence-electron chi connectivity index (χ3n) is 3.36. The Hall–Kier alpha value is -1.25. The van der Waals surface area contributed by atoms with Crippen LogP contribution < -0.4 is 10.5 Å². The lowest BCUT2D eigenvalue weighted by molar-refractivity contribution is 0.0537. The van der Waals surface area contributed by atoms with Crippen LogP contribution in [0.2, 0.25) is 0 Å². The van der Waals surface area contributed by atoms with Crippen LogP contribution in [0.5, 0.6) is 0 Å². The molecule has 3 N–H and O–H groups in total. The van der Waals surface area contributed by atoms with Gasteiger partial charge in [-0.3, -0.25) is 0 Å². The van der Waals surface area contributed by atoms with Crippen molar-refractivity contribution in [2.24, 2.45) is 0 Å². The van der Waals surface area contributed by atoms with Crippen molar-refractivity contribution < 1.29 is 21.9 Å². The maximum atomic E-state index is 13.8. The molecule has 1 saturated heterocycles. The number of sulfonamides is 1. The SMILES string of the molecule is CC1(NS(=O)(=O)c2ccc(F)c(N)c2F)CCOCC1. The fourth-order valence-electron chi connectivity index (χ4n) is 2.06. The molecule has 1 aromatic carbocycles. The van der Waals surface area contributed by atoms with Gasteiger partial charge in [0.15, 0.2) is 5.82 Å². The van der Waals surface area contributed by atoms with E-state index in [1.165, 1.54) is 0 Å². The van der Waals surface area contributed by atoms with Gasteiger partial charge in [0.05, 0.1) is 0 Å². The Balaban J connectivity index is 2.33. The Kier molecular flexibility index (Phi) is 3.99. The Morgan fingerprint density at radius 3 is 2.50 bits per heavy atom. The molecule has 20 heavy (non-hydrogen) atoms. The minimum Gasteiger partial charge on any atom is -0.394 e. The predicted octanol–water partition coefficient (Wildman–Crippen LogP) is 1.39. The molecule has 8 heteroatoms. The van der Waals surface area contributed by atoms with Gasteiger partial charge in [-0.05, 0) is 31.9 Å². The van der Waals surface area contributed by atoms with E-state index in [0.29, 0.717) is 26.1 Å². The summed E-state index contributed by atoms with van der Waals surface area (Å²) in [5.74, 6) is -2.26. The van der Waals surface area contributed by atoms with Crippen LogP contribution in [0.1, 0.15) is 19.8 Å². The normalized spacial score (nSPS) is 18.9. The average molecular weight is 306 g/mol. The molecule has 0 aliphatic carbocycles. The van der Waals surface area contributed by atoms with E-state index in [-0.39, 0.29) is 0 Å². The van der Waals surface area contributed by atoms with Crippen LogP contribution in [0.3, 0.4) is 0 Å². The first-order chi connectivity index (χ1) is 9.25. The largest absolute Gasteiger partial charge is 0.394 e. The molecule has 1 aliphatic rings. The molecule has 0 spiro atoms. The van der Waals surface area contributed by atoms with Crippen LogP contribution in [0, 0.1) is 11.6 Å². The van der Waals surface area contributed by atoms with Gasteiger partial charge in [0.1, 0.15) is 16.4 Å². The molecule has 1 aliphatic heterocycles. The molecule has 0 unspecified atom stereocenters. The number of nitrogen functional groups attached to an aromatic ring is 1. The number of anilines is 1. The third kappa shape index (κ3) is 2.92. The smallest absolute Gasteiger partial charge is 0.244 e. The van der Waals surface area contributed by atoms with Crippen LogP contribution in [0.25, 0.3) is 0 Å². The topological polar surface area (TPSA) is 81.4 Å². The van der Waals surface area contributed by atoms with Gasteiger partial charge in [-0.2, -0.15) is 0 Å². The lowest BCUT2D eigenvalue weighted by Gasteiger charge is -2.34. The van der Waals surface area contributed by atoms with Crippen LogP contribution in [-0.4, -0.2) is 27.2 Å². The van der Waals surface area contributed by atoms with Gasteiger partial charge < -0.3 is 10.5 Å². The summed E-state index contributed by atoms with van der Waals surface area (Å²) in [6.45, 7) is 2.57. The number of ether oxygens (including phenoxy) is 1. The van der Waals surface area contributed by atoms with Crippen molar-refractivity contribution in [2.75, 3.05) is 18.9 Å². The van der Waals surface area contributed by atoms with Crippen molar-refractivity contribution in [3.8, 4) is 0 Å². The van der Waals surface area contributed by atoms with E-state index < -0.39 is 37.8 Å². The first kappa shape index (κ1) is 15.1. The minimum atomic E-state index is -4.12. The lowest BCUT2D eigenvalue weighted by Crippen LogP contribution is -2.49. The maximum absolute atomic E-state index is 13.8. The average Bonchev–Trinajstić information content (AvgIpc) is 2.35. The van der Waals surface area contributed by atoms with E-state index in [2.05, 4.69) is 4.72 Å². The van der Waals surface area contributed by atoms with E-state index in [9.17, 15) is 17.2 Å². The highest BCUT2D eigenvalue weighted by molar-refractivity contribution is 7.89. The summed E-state index contributed by atoms with van der Waals surface area (Å²) in [6.07, 6.45) is 0.953. The second-order valence-corrected chi connectivity index (χ2v) is 6.70. The molecule has 0 atom stereocenters. The lowest BCUT2D eigenvalue weighted by atomic mass is 9.94. The highest BCUT2D eigenvalue weighted by Crippen LogP contribution is 2.26. The van der Waals surface area contributed by atoms with E-state index >= 15 is 0 Å². The zero-order valence-electron chi connectivity index (χ0n) is 10.9. The molecule has 2 rings (SSSR count). The number of hydrogen-bond acceptors (Lipinski definition) is 4. The predicted molar refractivity (Wildman–Crippen MR) is 69.5 cm³/mol. The van der Waals surface area contributed by atoms with Crippen LogP contribution in [0.4, 0.5) is 14.5 Å². The van der Waals surface area contributed by atoms with Crippen molar-refractivity contribution in [3.63, 3.8) is 0 Å².